The van der Waals surface area contributed by atoms with Gasteiger partial charge < -0.3 is 18.9 Å². The molecule has 1 aliphatic heterocycles. The van der Waals surface area contributed by atoms with Crippen molar-refractivity contribution in [3.05, 3.63) is 82.9 Å². The Labute approximate surface area is 205 Å². The second kappa shape index (κ2) is 10.5. The zero-order chi connectivity index (χ0) is 24.1. The van der Waals surface area contributed by atoms with E-state index in [9.17, 15) is 0 Å². The molecule has 1 aliphatic rings. The highest BCUT2D eigenvalue weighted by atomic mass is 35.5. The predicted molar refractivity (Wildman–Crippen MR) is 137 cm³/mol. The number of allylic oxidation sites excluding steroid dienone is 1. The molecule has 7 heteroatoms. The Kier molecular flexibility index (Phi) is 7.28. The molecule has 0 unspecified atom stereocenters. The Morgan fingerprint density at radius 2 is 1.53 bits per heavy atom. The minimum absolute atomic E-state index is 0.0725. The monoisotopic (exact) mass is 478 g/mol. The molecular weight excluding hydrogens is 452 g/mol. The normalized spacial score (nSPS) is 15.4. The van der Waals surface area contributed by atoms with Gasteiger partial charge >= 0.3 is 0 Å². The maximum atomic E-state index is 6.30. The maximum Gasteiger partial charge on any atom is 0.129 e. The molecule has 6 nitrogen and oxygen atoms in total. The first-order chi connectivity index (χ1) is 16.6. The van der Waals surface area contributed by atoms with Crippen molar-refractivity contribution in [1.82, 2.24) is 0 Å². The lowest BCUT2D eigenvalue weighted by molar-refractivity contribution is 0.388. The summed E-state index contributed by atoms with van der Waals surface area (Å²) in [6.45, 7) is 0. The third-order valence-electron chi connectivity index (χ3n) is 5.70. The van der Waals surface area contributed by atoms with Gasteiger partial charge in [-0.3, -0.25) is 5.01 Å². The van der Waals surface area contributed by atoms with E-state index in [1.165, 1.54) is 0 Å². The maximum absolute atomic E-state index is 6.30. The van der Waals surface area contributed by atoms with Gasteiger partial charge in [0.1, 0.15) is 23.0 Å². The van der Waals surface area contributed by atoms with Gasteiger partial charge in [0, 0.05) is 34.7 Å². The summed E-state index contributed by atoms with van der Waals surface area (Å²) in [7, 11) is 6.58. The Morgan fingerprint density at radius 1 is 0.824 bits per heavy atom. The minimum Gasteiger partial charge on any atom is -0.497 e. The molecule has 0 saturated heterocycles. The molecule has 0 aliphatic carbocycles. The fourth-order valence-corrected chi connectivity index (χ4v) is 4.15. The molecule has 3 aromatic carbocycles. The van der Waals surface area contributed by atoms with Crippen LogP contribution in [-0.4, -0.2) is 34.2 Å². The van der Waals surface area contributed by atoms with Gasteiger partial charge in [0.25, 0.3) is 0 Å². The summed E-state index contributed by atoms with van der Waals surface area (Å²) >= 11 is 6.30. The SMILES string of the molecule is COc1ccc(/C=C/C2=NN(c3cccc(Cl)c3)[C@H](c3ccc(OC)cc3OC)C2)c(OC)c1. The van der Waals surface area contributed by atoms with Crippen LogP contribution in [0.15, 0.2) is 71.8 Å². The lowest BCUT2D eigenvalue weighted by Crippen LogP contribution is -2.19. The van der Waals surface area contributed by atoms with E-state index in [0.717, 1.165) is 45.5 Å². The molecule has 0 saturated carbocycles. The standard InChI is InChI=1S/C27H27ClN2O4/c1-31-22-11-9-18(26(16-22)33-3)8-10-20-15-25(24-13-12-23(32-2)17-27(24)34-4)30(29-20)21-7-5-6-19(28)14-21/h5-14,16-17,25H,15H2,1-4H3/b10-8+/t25-/m0/s1. The number of methoxy groups -OCH3 is 4. The summed E-state index contributed by atoms with van der Waals surface area (Å²) in [4.78, 5) is 0. The number of nitrogens with zero attached hydrogens (tertiary/aromatic N) is 2. The summed E-state index contributed by atoms with van der Waals surface area (Å²) in [6.07, 6.45) is 4.70. The molecule has 0 radical (unpaired) electrons. The minimum atomic E-state index is -0.0725. The second-order valence-electron chi connectivity index (χ2n) is 7.68. The van der Waals surface area contributed by atoms with Crippen LogP contribution >= 0.6 is 11.6 Å². The van der Waals surface area contributed by atoms with Crippen LogP contribution in [-0.2, 0) is 0 Å². The van der Waals surface area contributed by atoms with Gasteiger partial charge in [-0.1, -0.05) is 17.7 Å². The van der Waals surface area contributed by atoms with Gasteiger partial charge in [0.15, 0.2) is 0 Å². The Balaban J connectivity index is 1.70. The van der Waals surface area contributed by atoms with Crippen LogP contribution in [0.2, 0.25) is 5.02 Å². The van der Waals surface area contributed by atoms with Gasteiger partial charge in [-0.25, -0.2) is 0 Å². The summed E-state index contributed by atoms with van der Waals surface area (Å²) in [5.74, 6) is 2.95. The van der Waals surface area contributed by atoms with E-state index in [0.29, 0.717) is 11.4 Å². The topological polar surface area (TPSA) is 52.5 Å². The van der Waals surface area contributed by atoms with Crippen molar-refractivity contribution < 1.29 is 18.9 Å². The number of rotatable bonds is 8. The zero-order valence-corrected chi connectivity index (χ0v) is 20.4. The van der Waals surface area contributed by atoms with Crippen molar-refractivity contribution in [2.24, 2.45) is 5.10 Å². The molecule has 0 aromatic heterocycles. The van der Waals surface area contributed by atoms with Crippen LogP contribution in [0, 0.1) is 0 Å². The van der Waals surface area contributed by atoms with Crippen molar-refractivity contribution >= 4 is 29.1 Å². The van der Waals surface area contributed by atoms with Crippen LogP contribution in [0.3, 0.4) is 0 Å². The van der Waals surface area contributed by atoms with Gasteiger partial charge in [-0.2, -0.15) is 5.10 Å². The number of ether oxygens (including phenoxy) is 4. The Morgan fingerprint density at radius 3 is 2.21 bits per heavy atom. The van der Waals surface area contributed by atoms with Gasteiger partial charge in [-0.05, 0) is 54.6 Å². The number of hydrogen-bond acceptors (Lipinski definition) is 6. The molecule has 0 amide bonds. The molecule has 3 aromatic rings. The first-order valence-electron chi connectivity index (χ1n) is 10.8. The van der Waals surface area contributed by atoms with Crippen LogP contribution < -0.4 is 24.0 Å². The van der Waals surface area contributed by atoms with E-state index < -0.39 is 0 Å². The second-order valence-corrected chi connectivity index (χ2v) is 8.12. The molecule has 0 spiro atoms. The van der Waals surface area contributed by atoms with Gasteiger partial charge in [-0.15, -0.1) is 0 Å². The Bertz CT molecular complexity index is 1230. The van der Waals surface area contributed by atoms with E-state index >= 15 is 0 Å². The predicted octanol–water partition coefficient (Wildman–Crippen LogP) is 6.40. The highest BCUT2D eigenvalue weighted by Gasteiger charge is 2.31. The molecule has 34 heavy (non-hydrogen) atoms. The van der Waals surface area contributed by atoms with Crippen molar-refractivity contribution in [3.8, 4) is 23.0 Å². The van der Waals surface area contributed by atoms with E-state index in [2.05, 4.69) is 0 Å². The molecule has 0 bridgehead atoms. The van der Waals surface area contributed by atoms with Gasteiger partial charge in [0.05, 0.1) is 45.9 Å². The number of hydrogen-bond donors (Lipinski definition) is 0. The lowest BCUT2D eigenvalue weighted by atomic mass is 9.99. The van der Waals surface area contributed by atoms with E-state index in [1.54, 1.807) is 28.4 Å². The zero-order valence-electron chi connectivity index (χ0n) is 19.6. The van der Waals surface area contributed by atoms with E-state index in [1.807, 2.05) is 77.8 Å². The Hall–Kier alpha value is -3.64. The third kappa shape index (κ3) is 4.97. The first kappa shape index (κ1) is 23.5. The summed E-state index contributed by atoms with van der Waals surface area (Å²) < 4.78 is 21.9. The number of benzene rings is 3. The summed E-state index contributed by atoms with van der Waals surface area (Å²) in [5, 5.41) is 7.57. The average molecular weight is 479 g/mol. The largest absolute Gasteiger partial charge is 0.497 e. The van der Waals surface area contributed by atoms with Crippen LogP contribution in [0.1, 0.15) is 23.6 Å². The summed E-state index contributed by atoms with van der Waals surface area (Å²) in [6, 6.07) is 19.2. The van der Waals surface area contributed by atoms with Gasteiger partial charge in [0.2, 0.25) is 0 Å². The van der Waals surface area contributed by atoms with Crippen LogP contribution in [0.5, 0.6) is 23.0 Å². The van der Waals surface area contributed by atoms with E-state index in [-0.39, 0.29) is 6.04 Å². The average Bonchev–Trinajstić information content (AvgIpc) is 3.31. The van der Waals surface area contributed by atoms with Crippen molar-refractivity contribution in [2.75, 3.05) is 33.4 Å². The lowest BCUT2D eigenvalue weighted by Gasteiger charge is -2.25. The molecule has 0 fully saturated rings. The highest BCUT2D eigenvalue weighted by Crippen LogP contribution is 2.41. The van der Waals surface area contributed by atoms with Crippen molar-refractivity contribution in [2.45, 2.75) is 12.5 Å². The smallest absolute Gasteiger partial charge is 0.129 e. The summed E-state index contributed by atoms with van der Waals surface area (Å²) in [5.41, 5.74) is 3.77. The number of hydrazone groups is 1. The fraction of sp³-hybridized carbons (Fsp3) is 0.222. The first-order valence-corrected chi connectivity index (χ1v) is 11.2. The molecular formula is C27H27ClN2O4. The van der Waals surface area contributed by atoms with Crippen LogP contribution in [0.4, 0.5) is 5.69 Å². The molecule has 4 rings (SSSR count). The third-order valence-corrected chi connectivity index (χ3v) is 5.94. The fourth-order valence-electron chi connectivity index (χ4n) is 3.97. The van der Waals surface area contributed by atoms with E-state index in [4.69, 9.17) is 35.6 Å². The molecule has 176 valence electrons. The van der Waals surface area contributed by atoms with Crippen molar-refractivity contribution in [3.63, 3.8) is 0 Å². The quantitative estimate of drug-likeness (QED) is 0.375. The highest BCUT2D eigenvalue weighted by molar-refractivity contribution is 6.30. The van der Waals surface area contributed by atoms with Crippen LogP contribution in [0.25, 0.3) is 6.08 Å². The van der Waals surface area contributed by atoms with Crippen molar-refractivity contribution in [1.29, 1.82) is 0 Å². The molecule has 0 N–H and O–H groups in total. The number of halogens is 1. The number of anilines is 1. The molecule has 1 atom stereocenters. The molecule has 1 heterocycles.